The van der Waals surface area contributed by atoms with Crippen LogP contribution in [-0.4, -0.2) is 41.3 Å². The Morgan fingerprint density at radius 3 is 3.04 bits per heavy atom. The molecule has 0 saturated carbocycles. The van der Waals surface area contributed by atoms with Gasteiger partial charge in [0.05, 0.1) is 11.4 Å². The van der Waals surface area contributed by atoms with Crippen molar-refractivity contribution in [1.82, 2.24) is 15.3 Å². The molecule has 0 bridgehead atoms. The molecule has 1 atom stereocenters. The van der Waals surface area contributed by atoms with Crippen molar-refractivity contribution in [2.75, 3.05) is 30.3 Å². The molecule has 2 aromatic rings. The number of nitrogens with zero attached hydrogens (tertiary/aromatic N) is 3. The molecule has 1 saturated heterocycles. The Kier molecular flexibility index (Phi) is 5.86. The molecule has 7 heteroatoms. The van der Waals surface area contributed by atoms with Crippen molar-refractivity contribution >= 4 is 23.4 Å². The first-order valence-corrected chi connectivity index (χ1v) is 9.29. The van der Waals surface area contributed by atoms with E-state index in [9.17, 15) is 9.18 Å². The van der Waals surface area contributed by atoms with Gasteiger partial charge in [0.1, 0.15) is 5.82 Å². The molecule has 132 valence electrons. The summed E-state index contributed by atoms with van der Waals surface area (Å²) in [5, 5.41) is 3.57. The fraction of sp³-hybridized carbons (Fsp3) is 0.389. The predicted molar refractivity (Wildman–Crippen MR) is 97.2 cm³/mol. The Morgan fingerprint density at radius 2 is 2.24 bits per heavy atom. The number of halogens is 1. The molecule has 0 aliphatic carbocycles. The van der Waals surface area contributed by atoms with Gasteiger partial charge in [-0.3, -0.25) is 4.79 Å². The third-order valence-electron chi connectivity index (χ3n) is 4.17. The SMILES string of the molecule is Cc1ccnc(SCC(=O)NC[C@H]2CCN(c3ccccc3F)C2)n1. The maximum atomic E-state index is 13.8. The summed E-state index contributed by atoms with van der Waals surface area (Å²) in [4.78, 5) is 22.4. The fourth-order valence-corrected chi connectivity index (χ4v) is 3.57. The van der Waals surface area contributed by atoms with E-state index in [4.69, 9.17) is 0 Å². The molecule has 0 radical (unpaired) electrons. The van der Waals surface area contributed by atoms with Crippen molar-refractivity contribution in [3.05, 3.63) is 48.0 Å². The van der Waals surface area contributed by atoms with Crippen LogP contribution in [0.2, 0.25) is 0 Å². The summed E-state index contributed by atoms with van der Waals surface area (Å²) < 4.78 is 13.8. The van der Waals surface area contributed by atoms with Crippen LogP contribution in [0.25, 0.3) is 0 Å². The molecule has 3 rings (SSSR count). The van der Waals surface area contributed by atoms with E-state index < -0.39 is 0 Å². The number of para-hydroxylation sites is 1. The van der Waals surface area contributed by atoms with E-state index in [0.29, 0.717) is 29.1 Å². The van der Waals surface area contributed by atoms with Crippen LogP contribution in [0.4, 0.5) is 10.1 Å². The van der Waals surface area contributed by atoms with Gasteiger partial charge in [-0.1, -0.05) is 23.9 Å². The molecule has 1 aromatic heterocycles. The topological polar surface area (TPSA) is 58.1 Å². The van der Waals surface area contributed by atoms with Crippen LogP contribution in [0.15, 0.2) is 41.7 Å². The van der Waals surface area contributed by atoms with Gasteiger partial charge in [-0.2, -0.15) is 0 Å². The van der Waals surface area contributed by atoms with E-state index >= 15 is 0 Å². The molecule has 1 fully saturated rings. The van der Waals surface area contributed by atoms with Gasteiger partial charge < -0.3 is 10.2 Å². The van der Waals surface area contributed by atoms with Gasteiger partial charge in [-0.25, -0.2) is 14.4 Å². The van der Waals surface area contributed by atoms with Crippen LogP contribution in [0.3, 0.4) is 0 Å². The highest BCUT2D eigenvalue weighted by atomic mass is 32.2. The van der Waals surface area contributed by atoms with E-state index in [1.54, 1.807) is 18.3 Å². The monoisotopic (exact) mass is 360 g/mol. The van der Waals surface area contributed by atoms with Crippen LogP contribution >= 0.6 is 11.8 Å². The molecule has 1 aliphatic heterocycles. The lowest BCUT2D eigenvalue weighted by molar-refractivity contribution is -0.118. The number of aryl methyl sites for hydroxylation is 1. The quantitative estimate of drug-likeness (QED) is 0.634. The third-order valence-corrected chi connectivity index (χ3v) is 5.03. The number of hydrogen-bond acceptors (Lipinski definition) is 5. The molecule has 5 nitrogen and oxygen atoms in total. The number of anilines is 1. The Labute approximate surface area is 151 Å². The molecule has 1 amide bonds. The highest BCUT2D eigenvalue weighted by molar-refractivity contribution is 7.99. The minimum absolute atomic E-state index is 0.0283. The number of thioether (sulfide) groups is 1. The lowest BCUT2D eigenvalue weighted by Gasteiger charge is -2.19. The van der Waals surface area contributed by atoms with Crippen molar-refractivity contribution in [2.45, 2.75) is 18.5 Å². The lowest BCUT2D eigenvalue weighted by Crippen LogP contribution is -2.32. The first-order chi connectivity index (χ1) is 12.1. The van der Waals surface area contributed by atoms with Crippen molar-refractivity contribution in [3.8, 4) is 0 Å². The zero-order valence-corrected chi connectivity index (χ0v) is 14.9. The van der Waals surface area contributed by atoms with Crippen LogP contribution in [-0.2, 0) is 4.79 Å². The number of aromatic nitrogens is 2. The minimum Gasteiger partial charge on any atom is -0.369 e. The standard InChI is InChI=1S/C18H21FN4OS/c1-13-6-8-20-18(22-13)25-12-17(24)21-10-14-7-9-23(11-14)16-5-3-2-4-15(16)19/h2-6,8,14H,7,9-12H2,1H3,(H,21,24)/t14-/m1/s1. The number of carbonyl (C=O) groups is 1. The molecule has 0 unspecified atom stereocenters. The fourth-order valence-electron chi connectivity index (χ4n) is 2.86. The van der Waals surface area contributed by atoms with Gasteiger partial charge in [0.15, 0.2) is 5.16 Å². The van der Waals surface area contributed by atoms with E-state index in [1.807, 2.05) is 24.0 Å². The maximum absolute atomic E-state index is 13.8. The third kappa shape index (κ3) is 4.92. The minimum atomic E-state index is -0.193. The number of nitrogens with one attached hydrogen (secondary N) is 1. The first kappa shape index (κ1) is 17.7. The average molecular weight is 360 g/mol. The van der Waals surface area contributed by atoms with Gasteiger partial charge in [0, 0.05) is 31.5 Å². The first-order valence-electron chi connectivity index (χ1n) is 8.30. The number of rotatable bonds is 6. The number of benzene rings is 1. The largest absolute Gasteiger partial charge is 0.369 e. The van der Waals surface area contributed by atoms with Crippen LogP contribution < -0.4 is 10.2 Å². The molecule has 1 aromatic carbocycles. The van der Waals surface area contributed by atoms with E-state index in [2.05, 4.69) is 15.3 Å². The molecule has 1 aliphatic rings. The van der Waals surface area contributed by atoms with E-state index in [0.717, 1.165) is 25.2 Å². The van der Waals surface area contributed by atoms with Gasteiger partial charge in [0.25, 0.3) is 0 Å². The summed E-state index contributed by atoms with van der Waals surface area (Å²) in [6.45, 7) is 4.08. The number of amides is 1. The molecule has 25 heavy (non-hydrogen) atoms. The Bertz CT molecular complexity index is 743. The number of carbonyl (C=O) groups excluding carboxylic acids is 1. The summed E-state index contributed by atoms with van der Waals surface area (Å²) >= 11 is 1.33. The zero-order valence-electron chi connectivity index (χ0n) is 14.1. The summed E-state index contributed by atoms with van der Waals surface area (Å²) in [6, 6.07) is 8.65. The summed E-state index contributed by atoms with van der Waals surface area (Å²) in [6.07, 6.45) is 2.64. The second-order valence-electron chi connectivity index (χ2n) is 6.13. The molecular formula is C18H21FN4OS. The van der Waals surface area contributed by atoms with E-state index in [-0.39, 0.29) is 11.7 Å². The molecular weight excluding hydrogens is 339 g/mol. The second-order valence-corrected chi connectivity index (χ2v) is 7.07. The second kappa shape index (κ2) is 8.29. The Hall–Kier alpha value is -2.15. The van der Waals surface area contributed by atoms with Crippen molar-refractivity contribution < 1.29 is 9.18 Å². The van der Waals surface area contributed by atoms with Crippen molar-refractivity contribution in [2.24, 2.45) is 5.92 Å². The highest BCUT2D eigenvalue weighted by Crippen LogP contribution is 2.25. The average Bonchev–Trinajstić information content (AvgIpc) is 3.07. The Morgan fingerprint density at radius 1 is 1.40 bits per heavy atom. The smallest absolute Gasteiger partial charge is 0.230 e. The maximum Gasteiger partial charge on any atom is 0.230 e. The Balaban J connectivity index is 1.42. The van der Waals surface area contributed by atoms with Gasteiger partial charge >= 0.3 is 0 Å². The van der Waals surface area contributed by atoms with Crippen LogP contribution in [0.1, 0.15) is 12.1 Å². The predicted octanol–water partition coefficient (Wildman–Crippen LogP) is 2.66. The lowest BCUT2D eigenvalue weighted by atomic mass is 10.1. The van der Waals surface area contributed by atoms with Crippen LogP contribution in [0.5, 0.6) is 0 Å². The van der Waals surface area contributed by atoms with E-state index in [1.165, 1.54) is 17.8 Å². The van der Waals surface area contributed by atoms with Crippen molar-refractivity contribution in [3.63, 3.8) is 0 Å². The van der Waals surface area contributed by atoms with Gasteiger partial charge in [0.2, 0.25) is 5.91 Å². The molecule has 1 N–H and O–H groups in total. The normalized spacial score (nSPS) is 16.9. The highest BCUT2D eigenvalue weighted by Gasteiger charge is 2.24. The summed E-state index contributed by atoms with van der Waals surface area (Å²) in [5.74, 6) is 0.415. The van der Waals surface area contributed by atoms with Gasteiger partial charge in [-0.15, -0.1) is 0 Å². The molecule has 2 heterocycles. The number of hydrogen-bond donors (Lipinski definition) is 1. The molecule has 0 spiro atoms. The zero-order chi connectivity index (χ0) is 17.6. The van der Waals surface area contributed by atoms with Crippen LogP contribution in [0, 0.1) is 18.7 Å². The summed E-state index contributed by atoms with van der Waals surface area (Å²) in [7, 11) is 0. The van der Waals surface area contributed by atoms with Crippen molar-refractivity contribution in [1.29, 1.82) is 0 Å². The summed E-state index contributed by atoms with van der Waals surface area (Å²) in [5.41, 5.74) is 1.53. The van der Waals surface area contributed by atoms with Gasteiger partial charge in [-0.05, 0) is 37.5 Å².